The number of benzene rings is 1. The van der Waals surface area contributed by atoms with Crippen molar-refractivity contribution in [2.45, 2.75) is 20.1 Å². The van der Waals surface area contributed by atoms with Crippen LogP contribution in [0.1, 0.15) is 27.4 Å². The van der Waals surface area contributed by atoms with Crippen molar-refractivity contribution in [3.63, 3.8) is 0 Å². The molecule has 0 atom stereocenters. The van der Waals surface area contributed by atoms with Gasteiger partial charge >= 0.3 is 0 Å². The van der Waals surface area contributed by atoms with E-state index in [4.69, 9.17) is 9.15 Å². The highest BCUT2D eigenvalue weighted by molar-refractivity contribution is 5.91. The molecular weight excluding hydrogens is 306 g/mol. The molecule has 124 valence electrons. The van der Waals surface area contributed by atoms with Gasteiger partial charge < -0.3 is 14.5 Å². The van der Waals surface area contributed by atoms with Crippen molar-refractivity contribution >= 4 is 5.91 Å². The minimum Gasteiger partial charge on any atom is -0.485 e. The number of carbonyl (C=O) groups is 1. The minimum atomic E-state index is -0.263. The summed E-state index contributed by atoms with van der Waals surface area (Å²) >= 11 is 0. The monoisotopic (exact) mass is 325 g/mol. The molecule has 2 aromatic heterocycles. The zero-order valence-electron chi connectivity index (χ0n) is 13.7. The van der Waals surface area contributed by atoms with Gasteiger partial charge in [-0.15, -0.1) is 0 Å². The van der Waals surface area contributed by atoms with Gasteiger partial charge in [-0.3, -0.25) is 9.48 Å². The summed E-state index contributed by atoms with van der Waals surface area (Å²) in [7, 11) is 1.83. The molecule has 0 aliphatic carbocycles. The number of aryl methyl sites for hydroxylation is 2. The Bertz CT molecular complexity index is 835. The summed E-state index contributed by atoms with van der Waals surface area (Å²) in [5, 5.41) is 6.86. The molecule has 24 heavy (non-hydrogen) atoms. The summed E-state index contributed by atoms with van der Waals surface area (Å²) in [4.78, 5) is 12.1. The van der Waals surface area contributed by atoms with E-state index in [0.717, 1.165) is 16.9 Å². The predicted octanol–water partition coefficient (Wildman–Crippen LogP) is 2.83. The normalized spacial score (nSPS) is 10.6. The van der Waals surface area contributed by atoms with Gasteiger partial charge in [0.05, 0.1) is 6.20 Å². The predicted molar refractivity (Wildman–Crippen MR) is 88.6 cm³/mol. The number of nitrogens with one attached hydrogen (secondary N) is 1. The highest BCUT2D eigenvalue weighted by Crippen LogP contribution is 2.18. The lowest BCUT2D eigenvalue weighted by Gasteiger charge is -2.06. The average molecular weight is 325 g/mol. The molecule has 0 spiro atoms. The lowest BCUT2D eigenvalue weighted by molar-refractivity contribution is 0.0919. The number of para-hydroxylation sites is 1. The summed E-state index contributed by atoms with van der Waals surface area (Å²) in [6.07, 6.45) is 3.56. The third-order valence-corrected chi connectivity index (χ3v) is 3.56. The second-order valence-electron chi connectivity index (χ2n) is 5.53. The Morgan fingerprint density at radius 1 is 1.29 bits per heavy atom. The Hall–Kier alpha value is -3.02. The fraction of sp³-hybridized carbons (Fsp3) is 0.222. The number of aromatic nitrogens is 2. The molecule has 1 amide bonds. The highest BCUT2D eigenvalue weighted by Gasteiger charge is 2.12. The number of rotatable bonds is 6. The minimum absolute atomic E-state index is 0.263. The van der Waals surface area contributed by atoms with Crippen molar-refractivity contribution < 1.29 is 13.9 Å². The van der Waals surface area contributed by atoms with Crippen LogP contribution in [-0.2, 0) is 20.2 Å². The smallest absolute Gasteiger partial charge is 0.287 e. The van der Waals surface area contributed by atoms with Gasteiger partial charge in [0, 0.05) is 25.4 Å². The topological polar surface area (TPSA) is 69.3 Å². The van der Waals surface area contributed by atoms with E-state index in [9.17, 15) is 4.79 Å². The first-order valence-electron chi connectivity index (χ1n) is 7.64. The first-order chi connectivity index (χ1) is 11.6. The van der Waals surface area contributed by atoms with E-state index < -0.39 is 0 Å². The molecule has 0 fully saturated rings. The zero-order chi connectivity index (χ0) is 16.9. The number of hydrogen-bond acceptors (Lipinski definition) is 4. The molecule has 6 nitrogen and oxygen atoms in total. The summed E-state index contributed by atoms with van der Waals surface area (Å²) < 4.78 is 12.9. The van der Waals surface area contributed by atoms with Crippen LogP contribution in [0.5, 0.6) is 5.75 Å². The first-order valence-corrected chi connectivity index (χ1v) is 7.64. The SMILES string of the molecule is Cc1ccccc1OCc1ccc(C(=O)NCc2cnn(C)c2)o1. The molecule has 0 saturated heterocycles. The van der Waals surface area contributed by atoms with Crippen LogP contribution in [0.15, 0.2) is 53.2 Å². The van der Waals surface area contributed by atoms with Crippen LogP contribution in [-0.4, -0.2) is 15.7 Å². The summed E-state index contributed by atoms with van der Waals surface area (Å²) in [6, 6.07) is 11.2. The Morgan fingerprint density at radius 2 is 2.12 bits per heavy atom. The van der Waals surface area contributed by atoms with Crippen LogP contribution in [0.2, 0.25) is 0 Å². The van der Waals surface area contributed by atoms with Gasteiger partial charge in [0.25, 0.3) is 5.91 Å². The highest BCUT2D eigenvalue weighted by atomic mass is 16.5. The van der Waals surface area contributed by atoms with E-state index in [1.54, 1.807) is 23.0 Å². The van der Waals surface area contributed by atoms with Crippen LogP contribution in [0.25, 0.3) is 0 Å². The molecule has 1 N–H and O–H groups in total. The zero-order valence-corrected chi connectivity index (χ0v) is 13.7. The molecule has 0 saturated carbocycles. The van der Waals surface area contributed by atoms with Crippen LogP contribution in [0.4, 0.5) is 0 Å². The standard InChI is InChI=1S/C18H19N3O3/c1-13-5-3-4-6-16(13)23-12-15-7-8-17(24-15)18(22)19-9-14-10-20-21(2)11-14/h3-8,10-11H,9,12H2,1-2H3,(H,19,22). The van der Waals surface area contributed by atoms with Gasteiger partial charge in [-0.25, -0.2) is 0 Å². The van der Waals surface area contributed by atoms with Crippen molar-refractivity contribution in [3.05, 3.63) is 71.4 Å². The Balaban J connectivity index is 1.54. The van der Waals surface area contributed by atoms with Crippen LogP contribution in [0.3, 0.4) is 0 Å². The maximum absolute atomic E-state index is 12.1. The van der Waals surface area contributed by atoms with Gasteiger partial charge in [0.2, 0.25) is 0 Å². The van der Waals surface area contributed by atoms with Gasteiger partial charge in [-0.1, -0.05) is 18.2 Å². The van der Waals surface area contributed by atoms with E-state index in [1.165, 1.54) is 0 Å². The largest absolute Gasteiger partial charge is 0.485 e. The van der Waals surface area contributed by atoms with E-state index in [2.05, 4.69) is 10.4 Å². The maximum Gasteiger partial charge on any atom is 0.287 e. The molecule has 6 heteroatoms. The molecule has 0 aliphatic heterocycles. The number of furan rings is 1. The van der Waals surface area contributed by atoms with E-state index in [1.807, 2.05) is 44.4 Å². The molecule has 0 bridgehead atoms. The molecule has 0 aliphatic rings. The summed E-state index contributed by atoms with van der Waals surface area (Å²) in [5.41, 5.74) is 1.99. The Kier molecular flexibility index (Phi) is 4.65. The van der Waals surface area contributed by atoms with E-state index >= 15 is 0 Å². The van der Waals surface area contributed by atoms with Crippen LogP contribution in [0, 0.1) is 6.92 Å². The van der Waals surface area contributed by atoms with Crippen molar-refractivity contribution in [2.75, 3.05) is 0 Å². The fourth-order valence-corrected chi connectivity index (χ4v) is 2.28. The van der Waals surface area contributed by atoms with E-state index in [-0.39, 0.29) is 18.3 Å². The third kappa shape index (κ3) is 3.84. The number of amides is 1. The van der Waals surface area contributed by atoms with Crippen molar-refractivity contribution in [1.82, 2.24) is 15.1 Å². The van der Waals surface area contributed by atoms with Gasteiger partial charge in [0.15, 0.2) is 5.76 Å². The first kappa shape index (κ1) is 15.9. The number of hydrogen-bond donors (Lipinski definition) is 1. The quantitative estimate of drug-likeness (QED) is 0.756. The van der Waals surface area contributed by atoms with Crippen molar-refractivity contribution in [3.8, 4) is 5.75 Å². The number of nitrogens with zero attached hydrogens (tertiary/aromatic N) is 2. The fourth-order valence-electron chi connectivity index (χ4n) is 2.28. The molecule has 2 heterocycles. The lowest BCUT2D eigenvalue weighted by atomic mass is 10.2. The molecular formula is C18H19N3O3. The van der Waals surface area contributed by atoms with Crippen molar-refractivity contribution in [2.24, 2.45) is 7.05 Å². The van der Waals surface area contributed by atoms with Gasteiger partial charge in [-0.05, 0) is 30.7 Å². The molecule has 1 aromatic carbocycles. The maximum atomic E-state index is 12.1. The Labute approximate surface area is 140 Å². The molecule has 3 aromatic rings. The molecule has 0 radical (unpaired) electrons. The molecule has 0 unspecified atom stereocenters. The second kappa shape index (κ2) is 7.04. The summed E-state index contributed by atoms with van der Waals surface area (Å²) in [5.74, 6) is 1.41. The van der Waals surface area contributed by atoms with Crippen LogP contribution < -0.4 is 10.1 Å². The molecule has 3 rings (SSSR count). The van der Waals surface area contributed by atoms with Crippen LogP contribution >= 0.6 is 0 Å². The Morgan fingerprint density at radius 3 is 2.88 bits per heavy atom. The van der Waals surface area contributed by atoms with Gasteiger partial charge in [-0.2, -0.15) is 5.10 Å². The number of carbonyl (C=O) groups excluding carboxylic acids is 1. The third-order valence-electron chi connectivity index (χ3n) is 3.56. The van der Waals surface area contributed by atoms with Crippen molar-refractivity contribution in [1.29, 1.82) is 0 Å². The lowest BCUT2D eigenvalue weighted by Crippen LogP contribution is -2.22. The van der Waals surface area contributed by atoms with Gasteiger partial charge in [0.1, 0.15) is 18.1 Å². The second-order valence-corrected chi connectivity index (χ2v) is 5.53. The summed E-state index contributed by atoms with van der Waals surface area (Å²) in [6.45, 7) is 2.66. The number of ether oxygens (including phenoxy) is 1. The average Bonchev–Trinajstić information content (AvgIpc) is 3.21. The van der Waals surface area contributed by atoms with E-state index in [0.29, 0.717) is 12.3 Å².